The number of nitrogens with zero attached hydrogens (tertiary/aromatic N) is 2. The molecule has 1 fully saturated rings. The smallest absolute Gasteiger partial charge is 0.268 e. The van der Waals surface area contributed by atoms with Crippen LogP contribution >= 0.6 is 11.3 Å². The van der Waals surface area contributed by atoms with E-state index in [1.54, 1.807) is 7.05 Å². The second-order valence-electron chi connectivity index (χ2n) is 4.56. The highest BCUT2D eigenvalue weighted by atomic mass is 32.1. The molecule has 1 aromatic heterocycles. The van der Waals surface area contributed by atoms with Crippen LogP contribution in [-0.2, 0) is 0 Å². The van der Waals surface area contributed by atoms with E-state index in [4.69, 9.17) is 5.73 Å². The van der Waals surface area contributed by atoms with Gasteiger partial charge in [0.2, 0.25) is 0 Å². The highest BCUT2D eigenvalue weighted by Crippen LogP contribution is 2.27. The van der Waals surface area contributed by atoms with Gasteiger partial charge in [-0.3, -0.25) is 4.79 Å². The fourth-order valence-electron chi connectivity index (χ4n) is 2.41. The van der Waals surface area contributed by atoms with E-state index >= 15 is 0 Å². The van der Waals surface area contributed by atoms with E-state index in [-0.39, 0.29) is 5.91 Å². The number of carbonyl (C=O) groups excluding carboxylic acids is 1. The molecule has 0 aliphatic carbocycles. The van der Waals surface area contributed by atoms with Gasteiger partial charge in [-0.1, -0.05) is 11.3 Å². The van der Waals surface area contributed by atoms with Crippen molar-refractivity contribution in [3.63, 3.8) is 0 Å². The Hall–Kier alpha value is -1.34. The number of anilines is 2. The first-order valence-electron chi connectivity index (χ1n) is 6.63. The molecule has 2 rings (SSSR count). The lowest BCUT2D eigenvalue weighted by Gasteiger charge is -2.33. The molecule has 0 atom stereocenters. The van der Waals surface area contributed by atoms with Crippen LogP contribution in [0.4, 0.5) is 10.9 Å². The highest BCUT2D eigenvalue weighted by Gasteiger charge is 2.27. The van der Waals surface area contributed by atoms with E-state index in [0.29, 0.717) is 28.4 Å². The second-order valence-corrected chi connectivity index (χ2v) is 5.55. The quantitative estimate of drug-likeness (QED) is 0.767. The Kier molecular flexibility index (Phi) is 4.60. The number of amides is 1. The van der Waals surface area contributed by atoms with Crippen LogP contribution in [-0.4, -0.2) is 48.5 Å². The first-order chi connectivity index (χ1) is 9.17. The summed E-state index contributed by atoms with van der Waals surface area (Å²) in [5.41, 5.74) is 5.84. The third kappa shape index (κ3) is 2.98. The van der Waals surface area contributed by atoms with Gasteiger partial charge in [-0.2, -0.15) is 0 Å². The lowest BCUT2D eigenvalue weighted by molar-refractivity contribution is 0.0662. The summed E-state index contributed by atoms with van der Waals surface area (Å²) in [7, 11) is 1.77. The van der Waals surface area contributed by atoms with E-state index in [9.17, 15) is 4.79 Å². The predicted molar refractivity (Wildman–Crippen MR) is 78.7 cm³/mol. The largest absolute Gasteiger partial charge is 0.382 e. The fraction of sp³-hybridized carbons (Fsp3) is 0.667. The molecule has 7 heteroatoms. The first kappa shape index (κ1) is 14.1. The van der Waals surface area contributed by atoms with E-state index in [1.165, 1.54) is 11.3 Å². The summed E-state index contributed by atoms with van der Waals surface area (Å²) in [5, 5.41) is 6.92. The molecule has 0 saturated carbocycles. The number of nitrogens with one attached hydrogen (secondary N) is 2. The topological polar surface area (TPSA) is 83.3 Å². The van der Waals surface area contributed by atoms with Gasteiger partial charge < -0.3 is 21.3 Å². The van der Waals surface area contributed by atoms with Crippen LogP contribution in [0.1, 0.15) is 29.4 Å². The average Bonchev–Trinajstić information content (AvgIpc) is 2.82. The first-order valence-corrected chi connectivity index (χ1v) is 7.44. The summed E-state index contributed by atoms with van der Waals surface area (Å²) in [6, 6.07) is 0.304. The van der Waals surface area contributed by atoms with Gasteiger partial charge in [0.15, 0.2) is 5.13 Å². The van der Waals surface area contributed by atoms with E-state index in [2.05, 4.69) is 15.6 Å². The number of nitrogens with two attached hydrogens (primary N) is 1. The van der Waals surface area contributed by atoms with Gasteiger partial charge in [0, 0.05) is 19.6 Å². The van der Waals surface area contributed by atoms with Crippen molar-refractivity contribution in [1.29, 1.82) is 0 Å². The normalized spacial score (nSPS) is 16.3. The molecular formula is C12H21N5OS. The monoisotopic (exact) mass is 283 g/mol. The molecule has 2 heterocycles. The highest BCUT2D eigenvalue weighted by molar-refractivity contribution is 7.18. The molecule has 6 nitrogen and oxygen atoms in total. The molecule has 1 aliphatic rings. The summed E-state index contributed by atoms with van der Waals surface area (Å²) < 4.78 is 0. The fourth-order valence-corrected chi connectivity index (χ4v) is 3.20. The Bertz CT molecular complexity index is 441. The molecule has 0 aromatic carbocycles. The number of nitrogen functional groups attached to an aromatic ring is 1. The van der Waals surface area contributed by atoms with Crippen LogP contribution in [0, 0.1) is 0 Å². The molecule has 0 radical (unpaired) electrons. The number of thiazole rings is 1. The van der Waals surface area contributed by atoms with Crippen LogP contribution in [0.25, 0.3) is 0 Å². The molecule has 0 bridgehead atoms. The molecule has 1 aliphatic heterocycles. The van der Waals surface area contributed by atoms with Crippen molar-refractivity contribution in [2.45, 2.75) is 25.8 Å². The van der Waals surface area contributed by atoms with Crippen LogP contribution in [0.2, 0.25) is 0 Å². The number of aromatic nitrogens is 1. The van der Waals surface area contributed by atoms with Gasteiger partial charge in [0.25, 0.3) is 5.91 Å². The molecular weight excluding hydrogens is 262 g/mol. The maximum absolute atomic E-state index is 12.6. The predicted octanol–water partition coefficient (Wildman–Crippen LogP) is 0.981. The van der Waals surface area contributed by atoms with Gasteiger partial charge in [-0.15, -0.1) is 0 Å². The summed E-state index contributed by atoms with van der Waals surface area (Å²) in [4.78, 5) is 19.2. The summed E-state index contributed by atoms with van der Waals surface area (Å²) >= 11 is 1.32. The zero-order valence-electron chi connectivity index (χ0n) is 11.4. The summed E-state index contributed by atoms with van der Waals surface area (Å²) in [5.74, 6) is 0.331. The molecule has 4 N–H and O–H groups in total. The molecule has 1 saturated heterocycles. The van der Waals surface area contributed by atoms with E-state index < -0.39 is 0 Å². The van der Waals surface area contributed by atoms with E-state index in [1.807, 2.05) is 11.8 Å². The molecule has 1 amide bonds. The maximum atomic E-state index is 12.6. The Morgan fingerprint density at radius 2 is 2.26 bits per heavy atom. The molecule has 106 valence electrons. The van der Waals surface area contributed by atoms with Crippen molar-refractivity contribution in [3.05, 3.63) is 4.88 Å². The van der Waals surface area contributed by atoms with Crippen molar-refractivity contribution in [2.75, 3.05) is 37.7 Å². The minimum Gasteiger partial charge on any atom is -0.382 e. The molecule has 1 aromatic rings. The number of carbonyl (C=O) groups is 1. The van der Waals surface area contributed by atoms with Gasteiger partial charge in [0.05, 0.1) is 0 Å². The van der Waals surface area contributed by atoms with Crippen molar-refractivity contribution in [2.24, 2.45) is 0 Å². The van der Waals surface area contributed by atoms with Crippen LogP contribution < -0.4 is 16.4 Å². The SMILES string of the molecule is CCN(C(=O)c1sc(NC)nc1N)C1CCNCC1. The third-order valence-electron chi connectivity index (χ3n) is 3.41. The van der Waals surface area contributed by atoms with Crippen LogP contribution in [0.15, 0.2) is 0 Å². The summed E-state index contributed by atoms with van der Waals surface area (Å²) in [6.07, 6.45) is 1.99. The zero-order chi connectivity index (χ0) is 13.8. The van der Waals surface area contributed by atoms with Crippen LogP contribution in [0.3, 0.4) is 0 Å². The third-order valence-corrected chi connectivity index (χ3v) is 4.49. The molecule has 0 spiro atoms. The van der Waals surface area contributed by atoms with Crippen LogP contribution in [0.5, 0.6) is 0 Å². The lowest BCUT2D eigenvalue weighted by Crippen LogP contribution is -2.46. The number of rotatable bonds is 4. The Labute approximate surface area is 117 Å². The number of piperidine rings is 1. The molecule has 19 heavy (non-hydrogen) atoms. The van der Waals surface area contributed by atoms with Gasteiger partial charge in [0.1, 0.15) is 10.7 Å². The number of hydrogen-bond acceptors (Lipinski definition) is 6. The second kappa shape index (κ2) is 6.21. The van der Waals surface area contributed by atoms with Crippen molar-refractivity contribution < 1.29 is 4.79 Å². The minimum absolute atomic E-state index is 0.00546. The number of hydrogen-bond donors (Lipinski definition) is 3. The van der Waals surface area contributed by atoms with Gasteiger partial charge >= 0.3 is 0 Å². The van der Waals surface area contributed by atoms with Gasteiger partial charge in [-0.05, 0) is 32.9 Å². The minimum atomic E-state index is 0.00546. The Morgan fingerprint density at radius 1 is 1.58 bits per heavy atom. The summed E-state index contributed by atoms with van der Waals surface area (Å²) in [6.45, 7) is 4.65. The van der Waals surface area contributed by atoms with E-state index in [0.717, 1.165) is 25.9 Å². The van der Waals surface area contributed by atoms with Crippen molar-refractivity contribution in [1.82, 2.24) is 15.2 Å². The Morgan fingerprint density at radius 3 is 2.79 bits per heavy atom. The van der Waals surface area contributed by atoms with Crippen molar-refractivity contribution in [3.8, 4) is 0 Å². The van der Waals surface area contributed by atoms with Gasteiger partial charge in [-0.25, -0.2) is 4.98 Å². The average molecular weight is 283 g/mol. The Balaban J connectivity index is 2.17. The standard InChI is InChI=1S/C12H21N5OS/c1-3-17(8-4-6-15-7-5-8)11(18)9-10(13)16-12(14-2)19-9/h8,15H,3-7,13H2,1-2H3,(H,14,16). The van der Waals surface area contributed by atoms with Crippen molar-refractivity contribution >= 4 is 28.2 Å². The lowest BCUT2D eigenvalue weighted by atomic mass is 10.0. The zero-order valence-corrected chi connectivity index (χ0v) is 12.2. The molecule has 0 unspecified atom stereocenters. The maximum Gasteiger partial charge on any atom is 0.268 e.